The highest BCUT2D eigenvalue weighted by molar-refractivity contribution is 7.80. The first kappa shape index (κ1) is 30.7. The van der Waals surface area contributed by atoms with Gasteiger partial charge in [-0.2, -0.15) is 8.42 Å². The molecule has 38 heavy (non-hydrogen) atoms. The van der Waals surface area contributed by atoms with E-state index in [1.54, 1.807) is 0 Å². The maximum absolute atomic E-state index is 11.7. The fourth-order valence-corrected chi connectivity index (χ4v) is 10.4. The van der Waals surface area contributed by atoms with Crippen LogP contribution in [0, 0.1) is 52.3 Å². The Morgan fingerprint density at radius 3 is 2.29 bits per heavy atom. The van der Waals surface area contributed by atoms with Gasteiger partial charge in [0.1, 0.15) is 0 Å². The van der Waals surface area contributed by atoms with E-state index in [9.17, 15) is 28.8 Å². The predicted molar refractivity (Wildman–Crippen MR) is 144 cm³/mol. The molecule has 8 nitrogen and oxygen atoms in total. The Morgan fingerprint density at radius 1 is 0.974 bits per heavy atom. The second kappa shape index (κ2) is 10.8. The van der Waals surface area contributed by atoms with Gasteiger partial charge in [-0.3, -0.25) is 4.55 Å². The first-order valence-electron chi connectivity index (χ1n) is 14.9. The number of rotatable bonds is 9. The van der Waals surface area contributed by atoms with Crippen LogP contribution in [-0.2, 0) is 14.6 Å². The molecule has 222 valence electrons. The van der Waals surface area contributed by atoms with Crippen LogP contribution < -0.4 is 0 Å². The van der Waals surface area contributed by atoms with Crippen LogP contribution in [0.4, 0.5) is 0 Å². The van der Waals surface area contributed by atoms with Gasteiger partial charge in [-0.15, -0.1) is 0 Å². The average Bonchev–Trinajstić information content (AvgIpc) is 3.08. The summed E-state index contributed by atoms with van der Waals surface area (Å²) < 4.78 is 35.3. The number of hydrogen-bond donors (Lipinski definition) is 5. The molecule has 0 spiro atoms. The van der Waals surface area contributed by atoms with Crippen LogP contribution in [0.5, 0.6) is 0 Å². The van der Waals surface area contributed by atoms with Crippen molar-refractivity contribution in [1.82, 2.24) is 0 Å². The average molecular weight is 561 g/mol. The zero-order valence-electron chi connectivity index (χ0n) is 23.9. The molecule has 0 aliphatic heterocycles. The van der Waals surface area contributed by atoms with Crippen molar-refractivity contribution in [1.29, 1.82) is 0 Å². The topological polar surface area (TPSA) is 145 Å². The number of hydrogen-bond acceptors (Lipinski definition) is 7. The summed E-state index contributed by atoms with van der Waals surface area (Å²) in [7, 11) is -4.42. The monoisotopic (exact) mass is 560 g/mol. The maximum Gasteiger partial charge on any atom is 0.397 e. The first-order chi connectivity index (χ1) is 17.5. The Bertz CT molecular complexity index is 941. The standard InChI is InChI=1S/C29H52O8S/c1-17(2)19(10-13-37-38(34,35)36)7-6-18(3)23-15-24(31)26-21-14-25(32)29(33)16-20(30)8-12-28(29,5)22(21)9-11-27(23,26)4/h17-26,30-33H,6-16H2,1-5H3,(H,34,35,36)/t18-,19+,20+,21-,22+,23-,24+,25-,26-,27-,28-,29+/m1/s1. The van der Waals surface area contributed by atoms with E-state index in [0.29, 0.717) is 43.4 Å². The fourth-order valence-electron chi connectivity index (χ4n) is 10.1. The molecular formula is C29H52O8S. The zero-order chi connectivity index (χ0) is 28.3. The van der Waals surface area contributed by atoms with Crippen molar-refractivity contribution in [2.45, 2.75) is 123 Å². The van der Waals surface area contributed by atoms with E-state index in [4.69, 9.17) is 4.55 Å². The van der Waals surface area contributed by atoms with Gasteiger partial charge in [0, 0.05) is 11.8 Å². The third-order valence-electron chi connectivity index (χ3n) is 12.2. The van der Waals surface area contributed by atoms with E-state index in [0.717, 1.165) is 32.1 Å². The first-order valence-corrected chi connectivity index (χ1v) is 16.3. The van der Waals surface area contributed by atoms with Crippen LogP contribution in [-0.4, -0.2) is 63.9 Å². The van der Waals surface area contributed by atoms with Crippen molar-refractivity contribution in [2.24, 2.45) is 52.3 Å². The van der Waals surface area contributed by atoms with Gasteiger partial charge in [-0.1, -0.05) is 41.0 Å². The number of fused-ring (bicyclic) bond motifs is 5. The van der Waals surface area contributed by atoms with Crippen LogP contribution in [0.1, 0.15) is 98.8 Å². The van der Waals surface area contributed by atoms with Crippen molar-refractivity contribution in [3.63, 3.8) is 0 Å². The second-order valence-electron chi connectivity index (χ2n) is 14.3. The molecule has 0 aromatic rings. The molecule has 0 heterocycles. The molecule has 0 unspecified atom stereocenters. The van der Waals surface area contributed by atoms with Crippen molar-refractivity contribution in [2.75, 3.05) is 6.61 Å². The third kappa shape index (κ3) is 5.35. The molecule has 4 aliphatic rings. The van der Waals surface area contributed by atoms with Gasteiger partial charge in [-0.05, 0) is 98.2 Å². The zero-order valence-corrected chi connectivity index (χ0v) is 24.7. The SMILES string of the molecule is CC(C)[C@H](CCOS(=O)(=O)O)CC[C@@H](C)[C@H]1C[C@H](O)[C@H]2[C@@H]3C[C@@H](O)[C@@]4(O)C[C@@H](O)CC[C@]4(C)[C@H]3CC[C@@]21C. The Labute approximate surface area is 229 Å². The lowest BCUT2D eigenvalue weighted by molar-refractivity contribution is -0.268. The van der Waals surface area contributed by atoms with Gasteiger partial charge in [0.15, 0.2) is 0 Å². The summed E-state index contributed by atoms with van der Waals surface area (Å²) in [4.78, 5) is 0. The fraction of sp³-hybridized carbons (Fsp3) is 1.00. The van der Waals surface area contributed by atoms with Gasteiger partial charge < -0.3 is 20.4 Å². The van der Waals surface area contributed by atoms with Gasteiger partial charge in [-0.25, -0.2) is 4.18 Å². The molecule has 12 atom stereocenters. The molecule has 4 fully saturated rings. The normalized spacial score (nSPS) is 46.8. The summed E-state index contributed by atoms with van der Waals surface area (Å²) in [5.41, 5.74) is -1.78. The largest absolute Gasteiger partial charge is 0.397 e. The minimum atomic E-state index is -4.42. The van der Waals surface area contributed by atoms with Gasteiger partial charge in [0.25, 0.3) is 0 Å². The molecule has 4 aliphatic carbocycles. The highest BCUT2D eigenvalue weighted by Gasteiger charge is 2.68. The molecule has 0 aromatic carbocycles. The Kier molecular flexibility index (Phi) is 8.75. The molecular weight excluding hydrogens is 508 g/mol. The van der Waals surface area contributed by atoms with Gasteiger partial charge in [0.2, 0.25) is 0 Å². The van der Waals surface area contributed by atoms with Crippen molar-refractivity contribution in [3.05, 3.63) is 0 Å². The van der Waals surface area contributed by atoms with Crippen LogP contribution in [0.2, 0.25) is 0 Å². The summed E-state index contributed by atoms with van der Waals surface area (Å²) >= 11 is 0. The molecule has 5 N–H and O–H groups in total. The molecule has 0 aromatic heterocycles. The Balaban J connectivity index is 1.47. The quantitative estimate of drug-likeness (QED) is 0.267. The molecule has 9 heteroatoms. The smallest absolute Gasteiger partial charge is 0.393 e. The van der Waals surface area contributed by atoms with E-state index in [1.807, 2.05) is 0 Å². The third-order valence-corrected chi connectivity index (χ3v) is 12.7. The highest BCUT2D eigenvalue weighted by Crippen LogP contribution is 2.69. The van der Waals surface area contributed by atoms with Crippen molar-refractivity contribution >= 4 is 10.4 Å². The Morgan fingerprint density at radius 2 is 1.66 bits per heavy atom. The summed E-state index contributed by atoms with van der Waals surface area (Å²) in [5, 5.41) is 44.8. The van der Waals surface area contributed by atoms with E-state index < -0.39 is 39.7 Å². The summed E-state index contributed by atoms with van der Waals surface area (Å²) in [6.07, 6.45) is 5.31. The molecule has 0 radical (unpaired) electrons. The van der Waals surface area contributed by atoms with Crippen LogP contribution in [0.25, 0.3) is 0 Å². The summed E-state index contributed by atoms with van der Waals surface area (Å²) in [5.74, 6) is 1.82. The number of aliphatic hydroxyl groups is 4. The second-order valence-corrected chi connectivity index (χ2v) is 15.4. The molecule has 4 rings (SSSR count). The van der Waals surface area contributed by atoms with E-state index in [1.165, 1.54) is 0 Å². The molecule has 0 amide bonds. The molecule has 0 saturated heterocycles. The van der Waals surface area contributed by atoms with Crippen LogP contribution >= 0.6 is 0 Å². The lowest BCUT2D eigenvalue weighted by Crippen LogP contribution is -2.69. The Hall–Kier alpha value is -0.290. The van der Waals surface area contributed by atoms with Crippen molar-refractivity contribution in [3.8, 4) is 0 Å². The summed E-state index contributed by atoms with van der Waals surface area (Å²) in [6, 6.07) is 0. The predicted octanol–water partition coefficient (Wildman–Crippen LogP) is 3.96. The van der Waals surface area contributed by atoms with E-state index in [2.05, 4.69) is 38.8 Å². The van der Waals surface area contributed by atoms with Crippen LogP contribution in [0.15, 0.2) is 0 Å². The van der Waals surface area contributed by atoms with E-state index >= 15 is 0 Å². The molecule has 0 bridgehead atoms. The van der Waals surface area contributed by atoms with Crippen LogP contribution in [0.3, 0.4) is 0 Å². The lowest BCUT2D eigenvalue weighted by Gasteiger charge is -2.65. The lowest BCUT2D eigenvalue weighted by atomic mass is 9.42. The minimum absolute atomic E-state index is 0.0223. The van der Waals surface area contributed by atoms with E-state index in [-0.39, 0.29) is 42.1 Å². The summed E-state index contributed by atoms with van der Waals surface area (Å²) in [6.45, 7) is 11.0. The van der Waals surface area contributed by atoms with Crippen molar-refractivity contribution < 1.29 is 37.6 Å². The number of aliphatic hydroxyl groups excluding tert-OH is 3. The van der Waals surface area contributed by atoms with Gasteiger partial charge in [0.05, 0.1) is 30.5 Å². The highest BCUT2D eigenvalue weighted by atomic mass is 32.3. The van der Waals surface area contributed by atoms with Gasteiger partial charge >= 0.3 is 10.4 Å². The maximum atomic E-state index is 11.7. The minimum Gasteiger partial charge on any atom is -0.393 e. The molecule has 4 saturated carbocycles.